The second-order valence-corrected chi connectivity index (χ2v) is 3.36. The lowest BCUT2D eigenvalue weighted by atomic mass is 9.97. The Bertz CT molecular complexity index is 359. The molecule has 0 radical (unpaired) electrons. The van der Waals surface area contributed by atoms with Crippen molar-refractivity contribution in [2.75, 3.05) is 0 Å². The van der Waals surface area contributed by atoms with E-state index >= 15 is 0 Å². The molecule has 4 heteroatoms. The molecule has 0 aliphatic carbocycles. The highest BCUT2D eigenvalue weighted by Gasteiger charge is 2.08. The number of amides is 2. The molecule has 0 bridgehead atoms. The molecule has 0 aliphatic rings. The van der Waals surface area contributed by atoms with Crippen LogP contribution < -0.4 is 11.2 Å². The van der Waals surface area contributed by atoms with Crippen LogP contribution in [-0.2, 0) is 0 Å². The number of nitrogens with zero attached hydrogens (tertiary/aromatic N) is 1. The average Bonchev–Trinajstić information content (AvgIpc) is 2.26. The Morgan fingerprint density at radius 2 is 2.00 bits per heavy atom. The summed E-state index contributed by atoms with van der Waals surface area (Å²) in [6, 6.07) is 9.31. The molecular weight excluding hydrogens is 190 g/mol. The SMILES string of the molecule is C/C(=N\NC(N)=O)[C@H](C)c1ccccc1. The Morgan fingerprint density at radius 1 is 1.40 bits per heavy atom. The van der Waals surface area contributed by atoms with Gasteiger partial charge in [-0.15, -0.1) is 0 Å². The summed E-state index contributed by atoms with van der Waals surface area (Å²) in [5, 5.41) is 3.89. The van der Waals surface area contributed by atoms with Gasteiger partial charge in [-0.05, 0) is 12.5 Å². The smallest absolute Gasteiger partial charge is 0.332 e. The Morgan fingerprint density at radius 3 is 2.53 bits per heavy atom. The molecular formula is C11H15N3O. The third-order valence-electron chi connectivity index (χ3n) is 2.27. The van der Waals surface area contributed by atoms with Gasteiger partial charge < -0.3 is 5.73 Å². The maximum Gasteiger partial charge on any atom is 0.332 e. The molecule has 0 saturated carbocycles. The predicted molar refractivity (Wildman–Crippen MR) is 60.7 cm³/mol. The second-order valence-electron chi connectivity index (χ2n) is 3.36. The number of nitrogens with two attached hydrogens (primary N) is 1. The zero-order valence-electron chi connectivity index (χ0n) is 8.90. The standard InChI is InChI=1S/C11H15N3O/c1-8(9(2)13-14-11(12)15)10-6-4-3-5-7-10/h3-8H,1-2H3,(H3,12,14,15)/b13-9+/t8-/m0/s1. The van der Waals surface area contributed by atoms with Crippen molar-refractivity contribution in [1.29, 1.82) is 0 Å². The molecule has 15 heavy (non-hydrogen) atoms. The number of nitrogens with one attached hydrogen (secondary N) is 1. The molecule has 0 heterocycles. The number of carbonyl (C=O) groups excluding carboxylic acids is 1. The van der Waals surface area contributed by atoms with Crippen molar-refractivity contribution in [3.05, 3.63) is 35.9 Å². The van der Waals surface area contributed by atoms with Gasteiger partial charge in [-0.25, -0.2) is 10.2 Å². The lowest BCUT2D eigenvalue weighted by molar-refractivity contribution is 0.249. The van der Waals surface area contributed by atoms with Crippen molar-refractivity contribution in [3.8, 4) is 0 Å². The van der Waals surface area contributed by atoms with Crippen LogP contribution in [0.1, 0.15) is 25.3 Å². The van der Waals surface area contributed by atoms with E-state index in [1.54, 1.807) is 0 Å². The van der Waals surface area contributed by atoms with Gasteiger partial charge in [-0.1, -0.05) is 37.3 Å². The van der Waals surface area contributed by atoms with Gasteiger partial charge in [0.1, 0.15) is 0 Å². The number of rotatable bonds is 3. The molecule has 1 atom stereocenters. The van der Waals surface area contributed by atoms with E-state index in [9.17, 15) is 4.79 Å². The molecule has 0 saturated heterocycles. The Labute approximate surface area is 89.2 Å². The molecule has 0 unspecified atom stereocenters. The van der Waals surface area contributed by atoms with E-state index in [0.717, 1.165) is 11.3 Å². The van der Waals surface area contributed by atoms with E-state index in [1.807, 2.05) is 44.2 Å². The maximum atomic E-state index is 10.5. The van der Waals surface area contributed by atoms with Crippen LogP contribution in [0.15, 0.2) is 35.4 Å². The van der Waals surface area contributed by atoms with E-state index in [-0.39, 0.29) is 5.92 Å². The molecule has 80 valence electrons. The van der Waals surface area contributed by atoms with Gasteiger partial charge in [0.05, 0.1) is 0 Å². The van der Waals surface area contributed by atoms with Crippen LogP contribution in [0.5, 0.6) is 0 Å². The van der Waals surface area contributed by atoms with Crippen LogP contribution >= 0.6 is 0 Å². The molecule has 3 N–H and O–H groups in total. The number of carbonyl (C=O) groups is 1. The van der Waals surface area contributed by atoms with Crippen molar-refractivity contribution >= 4 is 11.7 Å². The van der Waals surface area contributed by atoms with Crippen molar-refractivity contribution in [1.82, 2.24) is 5.43 Å². The number of hydrogen-bond donors (Lipinski definition) is 2. The zero-order chi connectivity index (χ0) is 11.3. The first-order valence-electron chi connectivity index (χ1n) is 4.76. The van der Waals surface area contributed by atoms with Crippen LogP contribution in [0.3, 0.4) is 0 Å². The topological polar surface area (TPSA) is 67.5 Å². The van der Waals surface area contributed by atoms with E-state index < -0.39 is 6.03 Å². The number of benzene rings is 1. The largest absolute Gasteiger partial charge is 0.350 e. The molecule has 4 nitrogen and oxygen atoms in total. The summed E-state index contributed by atoms with van der Waals surface area (Å²) in [7, 11) is 0. The number of primary amides is 1. The minimum absolute atomic E-state index is 0.165. The monoisotopic (exact) mass is 205 g/mol. The predicted octanol–water partition coefficient (Wildman–Crippen LogP) is 1.83. The van der Waals surface area contributed by atoms with Gasteiger partial charge in [0.15, 0.2) is 0 Å². The van der Waals surface area contributed by atoms with Crippen molar-refractivity contribution in [3.63, 3.8) is 0 Å². The Hall–Kier alpha value is -1.84. The van der Waals surface area contributed by atoms with Gasteiger partial charge in [0.2, 0.25) is 0 Å². The summed E-state index contributed by atoms with van der Waals surface area (Å²) in [4.78, 5) is 10.5. The minimum atomic E-state index is -0.644. The van der Waals surface area contributed by atoms with Gasteiger partial charge >= 0.3 is 6.03 Å². The minimum Gasteiger partial charge on any atom is -0.350 e. The lowest BCUT2D eigenvalue weighted by Gasteiger charge is -2.10. The molecule has 0 spiro atoms. The van der Waals surface area contributed by atoms with E-state index in [4.69, 9.17) is 5.73 Å². The highest BCUT2D eigenvalue weighted by molar-refractivity contribution is 5.89. The third kappa shape index (κ3) is 3.42. The molecule has 0 fully saturated rings. The fourth-order valence-electron chi connectivity index (χ4n) is 1.22. The molecule has 1 aromatic rings. The fourth-order valence-corrected chi connectivity index (χ4v) is 1.22. The van der Waals surface area contributed by atoms with E-state index in [2.05, 4.69) is 10.5 Å². The number of hydrogen-bond acceptors (Lipinski definition) is 2. The average molecular weight is 205 g/mol. The molecule has 0 aromatic heterocycles. The van der Waals surface area contributed by atoms with Gasteiger partial charge in [-0.3, -0.25) is 0 Å². The first-order chi connectivity index (χ1) is 7.11. The highest BCUT2D eigenvalue weighted by atomic mass is 16.2. The number of urea groups is 1. The first kappa shape index (κ1) is 11.2. The summed E-state index contributed by atoms with van der Waals surface area (Å²) < 4.78 is 0. The molecule has 2 amide bonds. The Kier molecular flexibility index (Phi) is 3.85. The summed E-state index contributed by atoms with van der Waals surface area (Å²) in [5.74, 6) is 0.165. The zero-order valence-corrected chi connectivity index (χ0v) is 8.90. The molecule has 0 aliphatic heterocycles. The summed E-state index contributed by atoms with van der Waals surface area (Å²) in [5.41, 5.74) is 9.12. The maximum absolute atomic E-state index is 10.5. The summed E-state index contributed by atoms with van der Waals surface area (Å²) in [6.45, 7) is 3.88. The lowest BCUT2D eigenvalue weighted by Crippen LogP contribution is -2.26. The number of hydrazone groups is 1. The van der Waals surface area contributed by atoms with Crippen LogP contribution in [0.2, 0.25) is 0 Å². The first-order valence-corrected chi connectivity index (χ1v) is 4.76. The van der Waals surface area contributed by atoms with Crippen molar-refractivity contribution in [2.45, 2.75) is 19.8 Å². The molecule has 1 aromatic carbocycles. The summed E-state index contributed by atoms with van der Waals surface area (Å²) >= 11 is 0. The normalized spacial score (nSPS) is 13.3. The Balaban J connectivity index is 2.72. The van der Waals surface area contributed by atoms with Gasteiger partial charge in [-0.2, -0.15) is 5.10 Å². The fraction of sp³-hybridized carbons (Fsp3) is 0.273. The molecule has 1 rings (SSSR count). The summed E-state index contributed by atoms with van der Waals surface area (Å²) in [6.07, 6.45) is 0. The van der Waals surface area contributed by atoms with Gasteiger partial charge in [0, 0.05) is 11.6 Å². The highest BCUT2D eigenvalue weighted by Crippen LogP contribution is 2.15. The quantitative estimate of drug-likeness (QED) is 0.573. The second kappa shape index (κ2) is 5.14. The van der Waals surface area contributed by atoms with Gasteiger partial charge in [0.25, 0.3) is 0 Å². The third-order valence-corrected chi connectivity index (χ3v) is 2.27. The van der Waals surface area contributed by atoms with E-state index in [0.29, 0.717) is 0 Å². The van der Waals surface area contributed by atoms with Crippen LogP contribution in [0, 0.1) is 0 Å². The van der Waals surface area contributed by atoms with Crippen LogP contribution in [0.4, 0.5) is 4.79 Å². The van der Waals surface area contributed by atoms with Crippen molar-refractivity contribution in [2.24, 2.45) is 10.8 Å². The van der Waals surface area contributed by atoms with Crippen molar-refractivity contribution < 1.29 is 4.79 Å². The van der Waals surface area contributed by atoms with Crippen LogP contribution in [0.25, 0.3) is 0 Å². The van der Waals surface area contributed by atoms with Crippen LogP contribution in [-0.4, -0.2) is 11.7 Å². The van der Waals surface area contributed by atoms with E-state index in [1.165, 1.54) is 0 Å².